The molecule has 0 saturated carbocycles. The number of hydrogen-bond donors (Lipinski definition) is 0. The largest absolute Gasteiger partial charge is 0.311 e. The number of fused-ring (bicyclic) bond motifs is 6. The first-order valence-corrected chi connectivity index (χ1v) is 20.5. The van der Waals surface area contributed by atoms with Crippen LogP contribution in [-0.2, 0) is 5.41 Å². The Morgan fingerprint density at radius 3 is 1.31 bits per heavy atom. The fraction of sp³-hybridized carbons (Fsp3) is 0.0526. The summed E-state index contributed by atoms with van der Waals surface area (Å²) in [6.07, 6.45) is 0. The van der Waals surface area contributed by atoms with E-state index in [4.69, 9.17) is 0 Å². The third-order valence-corrected chi connectivity index (χ3v) is 12.4. The SMILES string of the molecule is CC1(C)c2ccccc2-c2c(-n3c4ccccc4c4ccccc43)ccc(-c3ccc(N(c4ccc(-c5ccccc5)cc4)c4ccc(-c5ccccc5)cc4)cc3)c21. The summed E-state index contributed by atoms with van der Waals surface area (Å²) in [6.45, 7) is 4.79. The Hall–Kier alpha value is -7.42. The minimum atomic E-state index is -0.207. The summed E-state index contributed by atoms with van der Waals surface area (Å²) in [4.78, 5) is 2.36. The molecule has 0 aliphatic heterocycles. The van der Waals surface area contributed by atoms with Crippen molar-refractivity contribution in [2.45, 2.75) is 19.3 Å². The normalized spacial score (nSPS) is 12.7. The average molecular weight is 755 g/mol. The van der Waals surface area contributed by atoms with Gasteiger partial charge in [0.2, 0.25) is 0 Å². The minimum absolute atomic E-state index is 0.207. The van der Waals surface area contributed by atoms with Crippen LogP contribution < -0.4 is 4.90 Å². The first-order valence-electron chi connectivity index (χ1n) is 20.5. The summed E-state index contributed by atoms with van der Waals surface area (Å²) < 4.78 is 2.48. The van der Waals surface area contributed by atoms with Crippen LogP contribution in [0.4, 0.5) is 17.1 Å². The molecule has 1 aromatic heterocycles. The Bertz CT molecular complexity index is 3000. The zero-order valence-corrected chi connectivity index (χ0v) is 33.2. The van der Waals surface area contributed by atoms with E-state index in [0.717, 1.165) is 17.1 Å². The molecule has 1 aliphatic carbocycles. The highest BCUT2D eigenvalue weighted by molar-refractivity contribution is 6.10. The number of hydrogen-bond acceptors (Lipinski definition) is 1. The number of aromatic nitrogens is 1. The highest BCUT2D eigenvalue weighted by Crippen LogP contribution is 2.55. The smallest absolute Gasteiger partial charge is 0.0544 e. The van der Waals surface area contributed by atoms with E-state index in [2.05, 4.69) is 242 Å². The Morgan fingerprint density at radius 1 is 0.356 bits per heavy atom. The highest BCUT2D eigenvalue weighted by atomic mass is 15.1. The molecule has 0 unspecified atom stereocenters. The van der Waals surface area contributed by atoms with Gasteiger partial charge in [-0.05, 0) is 105 Å². The van der Waals surface area contributed by atoms with Crippen molar-refractivity contribution in [3.8, 4) is 50.2 Å². The third kappa shape index (κ3) is 5.71. The van der Waals surface area contributed by atoms with Crippen LogP contribution in [0.3, 0.4) is 0 Å². The quantitative estimate of drug-likeness (QED) is 0.157. The molecular weight excluding hydrogens is 713 g/mol. The second kappa shape index (κ2) is 13.9. The molecule has 2 heteroatoms. The van der Waals surface area contributed by atoms with Gasteiger partial charge < -0.3 is 9.47 Å². The van der Waals surface area contributed by atoms with Crippen molar-refractivity contribution in [2.24, 2.45) is 0 Å². The summed E-state index contributed by atoms with van der Waals surface area (Å²) in [5.74, 6) is 0. The lowest BCUT2D eigenvalue weighted by atomic mass is 9.78. The predicted octanol–water partition coefficient (Wildman–Crippen LogP) is 15.6. The van der Waals surface area contributed by atoms with E-state index in [1.807, 2.05) is 0 Å². The zero-order valence-electron chi connectivity index (χ0n) is 33.2. The van der Waals surface area contributed by atoms with E-state index in [1.165, 1.54) is 83.1 Å². The molecule has 0 saturated heterocycles. The fourth-order valence-corrected chi connectivity index (χ4v) is 9.61. The van der Waals surface area contributed by atoms with Crippen LogP contribution in [0.2, 0.25) is 0 Å². The van der Waals surface area contributed by atoms with E-state index >= 15 is 0 Å². The molecular formula is C57H42N2. The maximum absolute atomic E-state index is 2.48. The molecule has 59 heavy (non-hydrogen) atoms. The highest BCUT2D eigenvalue weighted by Gasteiger charge is 2.39. The zero-order chi connectivity index (χ0) is 39.5. The van der Waals surface area contributed by atoms with Gasteiger partial charge in [0.05, 0.1) is 16.7 Å². The van der Waals surface area contributed by atoms with E-state index in [9.17, 15) is 0 Å². The second-order valence-corrected chi connectivity index (χ2v) is 16.1. The Balaban J connectivity index is 1.05. The summed E-state index contributed by atoms with van der Waals surface area (Å²) in [6, 6.07) is 79.6. The third-order valence-electron chi connectivity index (χ3n) is 12.4. The van der Waals surface area contributed by atoms with Crippen molar-refractivity contribution < 1.29 is 0 Å². The lowest BCUT2D eigenvalue weighted by Gasteiger charge is -2.27. The van der Waals surface area contributed by atoms with E-state index in [-0.39, 0.29) is 5.41 Å². The Kier molecular flexibility index (Phi) is 8.20. The lowest BCUT2D eigenvalue weighted by Crippen LogP contribution is -2.16. The van der Waals surface area contributed by atoms with Crippen LogP contribution >= 0.6 is 0 Å². The molecule has 1 heterocycles. The van der Waals surface area contributed by atoms with Crippen molar-refractivity contribution in [1.82, 2.24) is 4.57 Å². The van der Waals surface area contributed by atoms with Gasteiger partial charge in [-0.1, -0.05) is 178 Å². The van der Waals surface area contributed by atoms with Gasteiger partial charge in [0.25, 0.3) is 0 Å². The van der Waals surface area contributed by atoms with Crippen molar-refractivity contribution >= 4 is 38.9 Å². The maximum Gasteiger partial charge on any atom is 0.0544 e. The van der Waals surface area contributed by atoms with Crippen LogP contribution in [0.1, 0.15) is 25.0 Å². The number of nitrogens with zero attached hydrogens (tertiary/aromatic N) is 2. The van der Waals surface area contributed by atoms with E-state index in [1.54, 1.807) is 0 Å². The summed E-state index contributed by atoms with van der Waals surface area (Å²) in [5.41, 5.74) is 19.5. The van der Waals surface area contributed by atoms with Crippen LogP contribution in [0.15, 0.2) is 218 Å². The van der Waals surface area contributed by atoms with E-state index < -0.39 is 0 Å². The topological polar surface area (TPSA) is 8.17 Å². The minimum Gasteiger partial charge on any atom is -0.311 e. The molecule has 280 valence electrons. The van der Waals surface area contributed by atoms with Gasteiger partial charge >= 0.3 is 0 Å². The van der Waals surface area contributed by atoms with Crippen molar-refractivity contribution in [3.63, 3.8) is 0 Å². The predicted molar refractivity (Wildman–Crippen MR) is 249 cm³/mol. The molecule has 11 rings (SSSR count). The molecule has 0 atom stereocenters. The fourth-order valence-electron chi connectivity index (χ4n) is 9.61. The molecule has 2 nitrogen and oxygen atoms in total. The summed E-state index contributed by atoms with van der Waals surface area (Å²) >= 11 is 0. The Labute approximate surface area is 345 Å². The molecule has 9 aromatic carbocycles. The first kappa shape index (κ1) is 34.8. The van der Waals surface area contributed by atoms with Gasteiger partial charge in [0.1, 0.15) is 0 Å². The second-order valence-electron chi connectivity index (χ2n) is 16.1. The van der Waals surface area contributed by atoms with Gasteiger partial charge in [-0.25, -0.2) is 0 Å². The molecule has 10 aromatic rings. The molecule has 0 bridgehead atoms. The summed E-state index contributed by atoms with van der Waals surface area (Å²) in [7, 11) is 0. The average Bonchev–Trinajstić information content (AvgIpc) is 3.76. The van der Waals surface area contributed by atoms with Crippen LogP contribution in [0.5, 0.6) is 0 Å². The number of rotatable bonds is 7. The number of benzene rings is 9. The first-order chi connectivity index (χ1) is 29.0. The monoisotopic (exact) mass is 754 g/mol. The molecule has 0 amide bonds. The van der Waals surface area contributed by atoms with Gasteiger partial charge in [-0.2, -0.15) is 0 Å². The molecule has 0 spiro atoms. The maximum atomic E-state index is 2.48. The van der Waals surface area contributed by atoms with Crippen molar-refractivity contribution in [1.29, 1.82) is 0 Å². The Morgan fingerprint density at radius 2 is 0.780 bits per heavy atom. The summed E-state index contributed by atoms with van der Waals surface area (Å²) in [5, 5.41) is 2.55. The standard InChI is InChI=1S/C57H42N2/c1-57(2)51-22-12-9-21-50(51)55-54(59-52-23-13-10-19-48(52)49-20-11-14-24-53(49)59)38-37-47(56(55)57)43-29-35-46(36-30-43)58(44-31-25-41(26-32-44)39-15-5-3-6-16-39)45-33-27-42(28-34-45)40-17-7-4-8-18-40/h3-38H,1-2H3. The van der Waals surface area contributed by atoms with Crippen LogP contribution in [0.25, 0.3) is 72.0 Å². The van der Waals surface area contributed by atoms with Gasteiger partial charge in [-0.15, -0.1) is 0 Å². The van der Waals surface area contributed by atoms with E-state index in [0.29, 0.717) is 0 Å². The molecule has 1 aliphatic rings. The van der Waals surface area contributed by atoms with Gasteiger partial charge in [-0.3, -0.25) is 0 Å². The van der Waals surface area contributed by atoms with Crippen molar-refractivity contribution in [2.75, 3.05) is 4.90 Å². The molecule has 0 fully saturated rings. The number of anilines is 3. The lowest BCUT2D eigenvalue weighted by molar-refractivity contribution is 0.662. The van der Waals surface area contributed by atoms with Gasteiger partial charge in [0, 0.05) is 38.8 Å². The van der Waals surface area contributed by atoms with Gasteiger partial charge in [0.15, 0.2) is 0 Å². The van der Waals surface area contributed by atoms with Crippen LogP contribution in [-0.4, -0.2) is 4.57 Å². The van der Waals surface area contributed by atoms with Crippen LogP contribution in [0, 0.1) is 0 Å². The molecule has 0 radical (unpaired) electrons. The number of para-hydroxylation sites is 2. The van der Waals surface area contributed by atoms with Crippen molar-refractivity contribution in [3.05, 3.63) is 230 Å². The molecule has 0 N–H and O–H groups in total.